The fourth-order valence-electron chi connectivity index (χ4n) is 3.03. The maximum atomic E-state index is 5.29. The normalized spacial score (nSPS) is 22.6. The highest BCUT2D eigenvalue weighted by atomic mass is 16.5. The number of ether oxygens (including phenoxy) is 1. The van der Waals surface area contributed by atoms with Crippen molar-refractivity contribution in [3.05, 3.63) is 29.8 Å². The van der Waals surface area contributed by atoms with E-state index in [9.17, 15) is 0 Å². The quantitative estimate of drug-likeness (QED) is 0.839. The third kappa shape index (κ3) is 2.84. The highest BCUT2D eigenvalue weighted by Gasteiger charge is 2.28. The van der Waals surface area contributed by atoms with Crippen molar-refractivity contribution in [2.24, 2.45) is 0 Å². The van der Waals surface area contributed by atoms with Crippen LogP contribution in [0.2, 0.25) is 0 Å². The molecule has 0 spiro atoms. The molecule has 1 atom stereocenters. The lowest BCUT2D eigenvalue weighted by molar-refractivity contribution is -0.0660. The number of hydrogen-bond donors (Lipinski definition) is 0. The lowest BCUT2D eigenvalue weighted by Gasteiger charge is -2.43. The molecule has 2 aliphatic heterocycles. The van der Waals surface area contributed by atoms with Gasteiger partial charge in [-0.05, 0) is 30.0 Å². The van der Waals surface area contributed by atoms with Crippen molar-refractivity contribution in [1.29, 1.82) is 0 Å². The summed E-state index contributed by atoms with van der Waals surface area (Å²) in [5.41, 5.74) is 2.84. The standard InChI is InChI=1S/C17H26N2O/c1-3-14(2)15-4-6-16(7-5-15)18-8-10-19(11-9-18)17-12-20-13-17/h4-7,14,17H,3,8-13H2,1-2H3. The van der Waals surface area contributed by atoms with E-state index in [-0.39, 0.29) is 0 Å². The minimum Gasteiger partial charge on any atom is -0.378 e. The van der Waals surface area contributed by atoms with Gasteiger partial charge >= 0.3 is 0 Å². The molecule has 2 aliphatic rings. The molecule has 0 N–H and O–H groups in total. The molecule has 110 valence electrons. The Labute approximate surface area is 122 Å². The van der Waals surface area contributed by atoms with Crippen LogP contribution in [0.4, 0.5) is 5.69 Å². The predicted octanol–water partition coefficient (Wildman–Crippen LogP) is 2.72. The van der Waals surface area contributed by atoms with E-state index in [2.05, 4.69) is 47.9 Å². The van der Waals surface area contributed by atoms with Crippen molar-refractivity contribution in [2.45, 2.75) is 32.2 Å². The molecule has 0 amide bonds. The Balaban J connectivity index is 1.57. The van der Waals surface area contributed by atoms with E-state index in [1.807, 2.05) is 0 Å². The van der Waals surface area contributed by atoms with E-state index in [4.69, 9.17) is 4.74 Å². The van der Waals surface area contributed by atoms with Crippen molar-refractivity contribution in [3.63, 3.8) is 0 Å². The second-order valence-corrected chi connectivity index (χ2v) is 6.12. The molecule has 2 fully saturated rings. The Kier molecular flexibility index (Phi) is 4.27. The summed E-state index contributed by atoms with van der Waals surface area (Å²) in [6.07, 6.45) is 1.21. The van der Waals surface area contributed by atoms with Gasteiger partial charge in [0.25, 0.3) is 0 Å². The first-order chi connectivity index (χ1) is 9.78. The van der Waals surface area contributed by atoms with Crippen molar-refractivity contribution in [2.75, 3.05) is 44.3 Å². The first kappa shape index (κ1) is 13.9. The van der Waals surface area contributed by atoms with Crippen LogP contribution in [0.15, 0.2) is 24.3 Å². The van der Waals surface area contributed by atoms with Crippen molar-refractivity contribution < 1.29 is 4.74 Å². The van der Waals surface area contributed by atoms with Crippen LogP contribution in [0.1, 0.15) is 31.7 Å². The third-order valence-corrected chi connectivity index (χ3v) is 4.89. The fraction of sp³-hybridized carbons (Fsp3) is 0.647. The van der Waals surface area contributed by atoms with Gasteiger partial charge in [0.1, 0.15) is 0 Å². The Morgan fingerprint density at radius 1 is 1.10 bits per heavy atom. The number of hydrogen-bond acceptors (Lipinski definition) is 3. The molecular formula is C17H26N2O. The van der Waals surface area contributed by atoms with Gasteiger partial charge < -0.3 is 9.64 Å². The largest absolute Gasteiger partial charge is 0.378 e. The number of piperazine rings is 1. The van der Waals surface area contributed by atoms with Crippen LogP contribution in [0.3, 0.4) is 0 Å². The van der Waals surface area contributed by atoms with Crippen LogP contribution >= 0.6 is 0 Å². The average molecular weight is 274 g/mol. The summed E-state index contributed by atoms with van der Waals surface area (Å²) < 4.78 is 5.29. The molecule has 1 unspecified atom stereocenters. The Bertz CT molecular complexity index is 419. The summed E-state index contributed by atoms with van der Waals surface area (Å²) in [6, 6.07) is 9.88. The minimum absolute atomic E-state index is 0.666. The first-order valence-corrected chi connectivity index (χ1v) is 7.94. The van der Waals surface area contributed by atoms with Crippen molar-refractivity contribution in [3.8, 4) is 0 Å². The molecule has 3 heteroatoms. The van der Waals surface area contributed by atoms with E-state index >= 15 is 0 Å². The summed E-state index contributed by atoms with van der Waals surface area (Å²) in [5.74, 6) is 0.666. The predicted molar refractivity (Wildman–Crippen MR) is 83.5 cm³/mol. The van der Waals surface area contributed by atoms with Crippen molar-refractivity contribution in [1.82, 2.24) is 4.90 Å². The monoisotopic (exact) mass is 274 g/mol. The van der Waals surface area contributed by atoms with Gasteiger partial charge in [-0.1, -0.05) is 26.0 Å². The lowest BCUT2D eigenvalue weighted by atomic mass is 9.98. The zero-order valence-corrected chi connectivity index (χ0v) is 12.7. The van der Waals surface area contributed by atoms with Crippen LogP contribution in [0, 0.1) is 0 Å². The Hall–Kier alpha value is -1.06. The Morgan fingerprint density at radius 2 is 1.75 bits per heavy atom. The highest BCUT2D eigenvalue weighted by Crippen LogP contribution is 2.24. The highest BCUT2D eigenvalue weighted by molar-refractivity contribution is 5.48. The summed E-state index contributed by atoms with van der Waals surface area (Å²) in [5, 5.41) is 0. The van der Waals surface area contributed by atoms with Gasteiger partial charge in [-0.25, -0.2) is 0 Å². The zero-order valence-electron chi connectivity index (χ0n) is 12.7. The summed E-state index contributed by atoms with van der Waals surface area (Å²) >= 11 is 0. The molecule has 0 saturated carbocycles. The van der Waals surface area contributed by atoms with Crippen LogP contribution < -0.4 is 4.90 Å². The number of nitrogens with zero attached hydrogens (tertiary/aromatic N) is 2. The van der Waals surface area contributed by atoms with E-state index < -0.39 is 0 Å². The summed E-state index contributed by atoms with van der Waals surface area (Å²) in [4.78, 5) is 5.09. The van der Waals surface area contributed by atoms with E-state index in [0.717, 1.165) is 26.3 Å². The number of benzene rings is 1. The molecular weight excluding hydrogens is 248 g/mol. The van der Waals surface area contributed by atoms with Crippen LogP contribution in [0.5, 0.6) is 0 Å². The molecule has 2 saturated heterocycles. The van der Waals surface area contributed by atoms with Gasteiger partial charge in [0.05, 0.1) is 19.3 Å². The second-order valence-electron chi connectivity index (χ2n) is 6.12. The Morgan fingerprint density at radius 3 is 2.25 bits per heavy atom. The van der Waals surface area contributed by atoms with Gasteiger partial charge in [-0.3, -0.25) is 4.90 Å². The molecule has 0 bridgehead atoms. The summed E-state index contributed by atoms with van der Waals surface area (Å²) in [7, 11) is 0. The van der Waals surface area contributed by atoms with E-state index in [0.29, 0.717) is 12.0 Å². The molecule has 20 heavy (non-hydrogen) atoms. The average Bonchev–Trinajstić information content (AvgIpc) is 2.46. The van der Waals surface area contributed by atoms with Gasteiger partial charge in [-0.2, -0.15) is 0 Å². The van der Waals surface area contributed by atoms with Gasteiger partial charge in [0.2, 0.25) is 0 Å². The molecule has 2 heterocycles. The molecule has 0 aromatic heterocycles. The molecule has 1 aromatic rings. The smallest absolute Gasteiger partial charge is 0.0645 e. The second kappa shape index (κ2) is 6.15. The van der Waals surface area contributed by atoms with E-state index in [1.165, 1.54) is 30.8 Å². The number of anilines is 1. The van der Waals surface area contributed by atoms with E-state index in [1.54, 1.807) is 0 Å². The maximum Gasteiger partial charge on any atom is 0.0645 e. The van der Waals surface area contributed by atoms with Crippen LogP contribution in [0.25, 0.3) is 0 Å². The molecule has 3 rings (SSSR count). The molecule has 0 radical (unpaired) electrons. The van der Waals surface area contributed by atoms with Gasteiger partial charge in [0, 0.05) is 31.9 Å². The molecule has 0 aliphatic carbocycles. The lowest BCUT2D eigenvalue weighted by Crippen LogP contribution is -2.56. The maximum absolute atomic E-state index is 5.29. The van der Waals surface area contributed by atoms with Crippen molar-refractivity contribution >= 4 is 5.69 Å². The van der Waals surface area contributed by atoms with Crippen LogP contribution in [-0.4, -0.2) is 50.3 Å². The first-order valence-electron chi connectivity index (χ1n) is 7.94. The minimum atomic E-state index is 0.666. The van der Waals surface area contributed by atoms with Gasteiger partial charge in [-0.15, -0.1) is 0 Å². The fourth-order valence-corrected chi connectivity index (χ4v) is 3.03. The van der Waals surface area contributed by atoms with Gasteiger partial charge in [0.15, 0.2) is 0 Å². The topological polar surface area (TPSA) is 15.7 Å². The molecule has 3 nitrogen and oxygen atoms in total. The summed E-state index contributed by atoms with van der Waals surface area (Å²) in [6.45, 7) is 11.0. The molecule has 1 aromatic carbocycles. The van der Waals surface area contributed by atoms with Crippen LogP contribution in [-0.2, 0) is 4.74 Å². The SMILES string of the molecule is CCC(C)c1ccc(N2CCN(C3COC3)CC2)cc1. The number of rotatable bonds is 4. The zero-order chi connectivity index (χ0) is 13.9. The third-order valence-electron chi connectivity index (χ3n) is 4.89.